The number of rotatable bonds is 6. The van der Waals surface area contributed by atoms with E-state index in [-0.39, 0.29) is 0 Å². The van der Waals surface area contributed by atoms with E-state index in [1.165, 1.54) is 5.56 Å². The number of nitrogens with one attached hydrogen (secondary N) is 1. The quantitative estimate of drug-likeness (QED) is 0.773. The number of hydrogen-bond donors (Lipinski definition) is 2. The first-order valence-corrected chi connectivity index (χ1v) is 6.06. The lowest BCUT2D eigenvalue weighted by Gasteiger charge is -2.24. The van der Waals surface area contributed by atoms with Gasteiger partial charge in [0.15, 0.2) is 0 Å². The Balaban J connectivity index is 2.71. The summed E-state index contributed by atoms with van der Waals surface area (Å²) in [5, 5.41) is 13.4. The van der Waals surface area contributed by atoms with Crippen LogP contribution >= 0.6 is 0 Å². The summed E-state index contributed by atoms with van der Waals surface area (Å²) in [4.78, 5) is 0. The van der Waals surface area contributed by atoms with Crippen LogP contribution in [0.3, 0.4) is 0 Å². The van der Waals surface area contributed by atoms with Crippen molar-refractivity contribution in [3.8, 4) is 0 Å². The van der Waals surface area contributed by atoms with Crippen LogP contribution in [0.5, 0.6) is 0 Å². The van der Waals surface area contributed by atoms with Crippen LogP contribution in [0.15, 0.2) is 24.3 Å². The Hall–Kier alpha value is -0.860. The largest absolute Gasteiger partial charge is 0.385 e. The van der Waals surface area contributed by atoms with Gasteiger partial charge in [-0.15, -0.1) is 0 Å². The number of benzene rings is 1. The Labute approximate surface area is 98.7 Å². The molecule has 0 aromatic heterocycles. The van der Waals surface area contributed by atoms with E-state index in [4.69, 9.17) is 0 Å². The Kier molecular flexibility index (Phi) is 4.97. The second-order valence-corrected chi connectivity index (χ2v) is 4.57. The van der Waals surface area contributed by atoms with E-state index in [0.29, 0.717) is 0 Å². The minimum Gasteiger partial charge on any atom is -0.385 e. The molecule has 0 aliphatic heterocycles. The van der Waals surface area contributed by atoms with Gasteiger partial charge < -0.3 is 10.4 Å². The van der Waals surface area contributed by atoms with Crippen LogP contribution < -0.4 is 5.32 Å². The van der Waals surface area contributed by atoms with Crippen molar-refractivity contribution in [3.05, 3.63) is 35.4 Å². The highest BCUT2D eigenvalue weighted by atomic mass is 16.3. The molecule has 1 aromatic carbocycles. The summed E-state index contributed by atoms with van der Waals surface area (Å²) in [6.07, 6.45) is 3.01. The van der Waals surface area contributed by atoms with E-state index in [2.05, 4.69) is 24.4 Å². The smallest absolute Gasteiger partial charge is 0.0880 e. The number of aryl methyl sites for hydroxylation is 1. The van der Waals surface area contributed by atoms with Gasteiger partial charge in [-0.05, 0) is 44.5 Å². The standard InChI is InChI=1S/C14H23NO/c1-4-5-12-6-8-13(9-7-12)14(2,16)10-11-15-3/h6-9,15-16H,4-5,10-11H2,1-3H3. The molecular formula is C14H23NO. The highest BCUT2D eigenvalue weighted by Crippen LogP contribution is 2.24. The first kappa shape index (κ1) is 13.2. The molecule has 16 heavy (non-hydrogen) atoms. The predicted octanol–water partition coefficient (Wildman–Crippen LogP) is 2.46. The average molecular weight is 221 g/mol. The minimum atomic E-state index is -0.728. The zero-order chi connectivity index (χ0) is 12.0. The summed E-state index contributed by atoms with van der Waals surface area (Å²) < 4.78 is 0. The third kappa shape index (κ3) is 3.62. The molecule has 1 atom stereocenters. The van der Waals surface area contributed by atoms with Gasteiger partial charge in [0.2, 0.25) is 0 Å². The molecule has 2 nitrogen and oxygen atoms in total. The molecule has 0 aliphatic rings. The SMILES string of the molecule is CCCc1ccc(C(C)(O)CCNC)cc1. The van der Waals surface area contributed by atoms with E-state index in [1.54, 1.807) is 0 Å². The second kappa shape index (κ2) is 6.02. The summed E-state index contributed by atoms with van der Waals surface area (Å²) in [5.74, 6) is 0. The van der Waals surface area contributed by atoms with Crippen LogP contribution in [0.2, 0.25) is 0 Å². The van der Waals surface area contributed by atoms with Crippen LogP contribution in [0, 0.1) is 0 Å². The van der Waals surface area contributed by atoms with Crippen LogP contribution in [0.1, 0.15) is 37.8 Å². The van der Waals surface area contributed by atoms with E-state index in [1.807, 2.05) is 26.1 Å². The summed E-state index contributed by atoms with van der Waals surface area (Å²) in [5.41, 5.74) is 1.62. The first-order chi connectivity index (χ1) is 7.60. The molecule has 0 radical (unpaired) electrons. The van der Waals surface area contributed by atoms with Crippen molar-refractivity contribution in [2.45, 2.75) is 38.7 Å². The molecule has 0 bridgehead atoms. The van der Waals surface area contributed by atoms with Crippen LogP contribution in [-0.4, -0.2) is 18.7 Å². The molecule has 1 aromatic rings. The molecule has 1 unspecified atom stereocenters. The number of aliphatic hydroxyl groups is 1. The molecule has 0 spiro atoms. The Bertz CT molecular complexity index is 303. The van der Waals surface area contributed by atoms with Crippen molar-refractivity contribution in [1.29, 1.82) is 0 Å². The third-order valence-corrected chi connectivity index (χ3v) is 2.98. The van der Waals surface area contributed by atoms with Gasteiger partial charge in [-0.2, -0.15) is 0 Å². The molecule has 1 rings (SSSR count). The summed E-state index contributed by atoms with van der Waals surface area (Å²) in [6.45, 7) is 4.87. The van der Waals surface area contributed by atoms with Gasteiger partial charge in [-0.25, -0.2) is 0 Å². The van der Waals surface area contributed by atoms with Crippen molar-refractivity contribution in [2.75, 3.05) is 13.6 Å². The van der Waals surface area contributed by atoms with Crippen LogP contribution in [-0.2, 0) is 12.0 Å². The third-order valence-electron chi connectivity index (χ3n) is 2.98. The van der Waals surface area contributed by atoms with Crippen LogP contribution in [0.25, 0.3) is 0 Å². The highest BCUT2D eigenvalue weighted by Gasteiger charge is 2.21. The lowest BCUT2D eigenvalue weighted by Crippen LogP contribution is -2.26. The second-order valence-electron chi connectivity index (χ2n) is 4.57. The summed E-state index contributed by atoms with van der Waals surface area (Å²) >= 11 is 0. The Morgan fingerprint density at radius 3 is 2.38 bits per heavy atom. The monoisotopic (exact) mass is 221 g/mol. The van der Waals surface area contributed by atoms with E-state index >= 15 is 0 Å². The van der Waals surface area contributed by atoms with Crippen molar-refractivity contribution < 1.29 is 5.11 Å². The molecule has 2 heteroatoms. The first-order valence-electron chi connectivity index (χ1n) is 6.06. The van der Waals surface area contributed by atoms with Crippen molar-refractivity contribution in [3.63, 3.8) is 0 Å². The zero-order valence-corrected chi connectivity index (χ0v) is 10.6. The van der Waals surface area contributed by atoms with Crippen molar-refractivity contribution >= 4 is 0 Å². The molecule has 0 saturated carbocycles. The molecular weight excluding hydrogens is 198 g/mol. The maximum Gasteiger partial charge on any atom is 0.0880 e. The Morgan fingerprint density at radius 1 is 1.25 bits per heavy atom. The van der Waals surface area contributed by atoms with Gasteiger partial charge >= 0.3 is 0 Å². The Morgan fingerprint density at radius 2 is 1.88 bits per heavy atom. The van der Waals surface area contributed by atoms with E-state index in [9.17, 15) is 5.11 Å². The molecule has 2 N–H and O–H groups in total. The van der Waals surface area contributed by atoms with Crippen LogP contribution in [0.4, 0.5) is 0 Å². The lowest BCUT2D eigenvalue weighted by molar-refractivity contribution is 0.0485. The highest BCUT2D eigenvalue weighted by molar-refractivity contribution is 5.26. The van der Waals surface area contributed by atoms with Gasteiger partial charge in [-0.3, -0.25) is 0 Å². The normalized spacial score (nSPS) is 14.8. The molecule has 0 aliphatic carbocycles. The molecule has 0 fully saturated rings. The topological polar surface area (TPSA) is 32.3 Å². The van der Waals surface area contributed by atoms with Gasteiger partial charge in [0, 0.05) is 0 Å². The number of hydrogen-bond acceptors (Lipinski definition) is 2. The molecule has 0 amide bonds. The van der Waals surface area contributed by atoms with Gasteiger partial charge in [0.1, 0.15) is 0 Å². The van der Waals surface area contributed by atoms with E-state index in [0.717, 1.165) is 31.4 Å². The summed E-state index contributed by atoms with van der Waals surface area (Å²) in [7, 11) is 1.90. The molecule has 0 saturated heterocycles. The lowest BCUT2D eigenvalue weighted by atomic mass is 9.91. The fourth-order valence-corrected chi connectivity index (χ4v) is 1.83. The summed E-state index contributed by atoms with van der Waals surface area (Å²) in [6, 6.07) is 8.32. The maximum atomic E-state index is 10.3. The van der Waals surface area contributed by atoms with Gasteiger partial charge in [0.25, 0.3) is 0 Å². The fourth-order valence-electron chi connectivity index (χ4n) is 1.83. The fraction of sp³-hybridized carbons (Fsp3) is 0.571. The minimum absolute atomic E-state index is 0.728. The zero-order valence-electron chi connectivity index (χ0n) is 10.6. The van der Waals surface area contributed by atoms with E-state index < -0.39 is 5.60 Å². The molecule has 90 valence electrons. The van der Waals surface area contributed by atoms with Crippen molar-refractivity contribution in [1.82, 2.24) is 5.32 Å². The average Bonchev–Trinajstić information content (AvgIpc) is 2.28. The maximum absolute atomic E-state index is 10.3. The van der Waals surface area contributed by atoms with Gasteiger partial charge in [-0.1, -0.05) is 37.6 Å². The van der Waals surface area contributed by atoms with Gasteiger partial charge in [0.05, 0.1) is 5.60 Å². The molecule has 0 heterocycles. The predicted molar refractivity (Wildman–Crippen MR) is 68.6 cm³/mol. The van der Waals surface area contributed by atoms with Crippen molar-refractivity contribution in [2.24, 2.45) is 0 Å².